The summed E-state index contributed by atoms with van der Waals surface area (Å²) >= 11 is 0. The van der Waals surface area contributed by atoms with E-state index in [0.29, 0.717) is 5.39 Å². The summed E-state index contributed by atoms with van der Waals surface area (Å²) in [6.45, 7) is 0. The van der Waals surface area contributed by atoms with Crippen molar-refractivity contribution in [3.8, 4) is 5.75 Å². The van der Waals surface area contributed by atoms with E-state index in [1.807, 2.05) is 0 Å². The molecule has 2 aromatic rings. The molecule has 2 rings (SSSR count). The Morgan fingerprint density at radius 2 is 2.08 bits per heavy atom. The van der Waals surface area contributed by atoms with Crippen LogP contribution in [-0.2, 0) is 0 Å². The minimum absolute atomic E-state index is 0.0480. The van der Waals surface area contributed by atoms with Crippen molar-refractivity contribution in [3.05, 3.63) is 30.0 Å². The number of phenolic OH excluding ortho intramolecular Hbond substituents is 1. The van der Waals surface area contributed by atoms with Gasteiger partial charge in [0.05, 0.1) is 5.39 Å². The summed E-state index contributed by atoms with van der Waals surface area (Å²) in [6, 6.07) is 5.64. The Morgan fingerprint density at radius 3 is 2.69 bits per heavy atom. The fraction of sp³-hybridized carbons (Fsp3) is 0.111. The Hall–Kier alpha value is -1.58. The van der Waals surface area contributed by atoms with Gasteiger partial charge in [-0.1, -0.05) is 6.07 Å². The Balaban J connectivity index is 2.68. The largest absolute Gasteiger partial charge is 0.507 e. The Bertz CT molecular complexity index is 434. The van der Waals surface area contributed by atoms with Gasteiger partial charge in [-0.15, -0.1) is 0 Å². The molecule has 13 heavy (non-hydrogen) atoms. The van der Waals surface area contributed by atoms with E-state index < -0.39 is 12.2 Å². The van der Waals surface area contributed by atoms with E-state index in [2.05, 4.69) is 0 Å². The Kier molecular flexibility index (Phi) is 1.69. The minimum atomic E-state index is -2.65. The van der Waals surface area contributed by atoms with E-state index >= 15 is 0 Å². The molecule has 1 heterocycles. The summed E-state index contributed by atoms with van der Waals surface area (Å²) in [4.78, 5) is 0. The van der Waals surface area contributed by atoms with Crippen molar-refractivity contribution in [2.75, 3.05) is 0 Å². The van der Waals surface area contributed by atoms with Crippen molar-refractivity contribution in [3.63, 3.8) is 0 Å². The quantitative estimate of drug-likeness (QED) is 0.738. The van der Waals surface area contributed by atoms with Crippen molar-refractivity contribution in [2.45, 2.75) is 6.43 Å². The third-order valence-electron chi connectivity index (χ3n) is 1.77. The predicted molar refractivity (Wildman–Crippen MR) is 42.8 cm³/mol. The van der Waals surface area contributed by atoms with Gasteiger partial charge >= 0.3 is 0 Å². The number of phenols is 1. The molecule has 0 amide bonds. The van der Waals surface area contributed by atoms with E-state index in [4.69, 9.17) is 4.42 Å². The Morgan fingerprint density at radius 1 is 1.31 bits per heavy atom. The number of benzene rings is 1. The maximum absolute atomic E-state index is 12.2. The molecular formula is C9H6F2O2. The molecule has 2 nitrogen and oxygen atoms in total. The number of alkyl halides is 2. The second-order valence-corrected chi connectivity index (χ2v) is 2.64. The maximum atomic E-state index is 12.2. The summed E-state index contributed by atoms with van der Waals surface area (Å²) < 4.78 is 29.1. The van der Waals surface area contributed by atoms with Crippen LogP contribution in [0.5, 0.6) is 5.75 Å². The molecule has 0 aliphatic rings. The maximum Gasteiger partial charge on any atom is 0.295 e. The van der Waals surface area contributed by atoms with Crippen molar-refractivity contribution in [1.29, 1.82) is 0 Å². The number of aromatic hydroxyl groups is 1. The second kappa shape index (κ2) is 2.73. The number of rotatable bonds is 1. The fourth-order valence-corrected chi connectivity index (χ4v) is 1.17. The summed E-state index contributed by atoms with van der Waals surface area (Å²) in [7, 11) is 0. The highest BCUT2D eigenvalue weighted by Crippen LogP contribution is 2.31. The monoisotopic (exact) mass is 184 g/mol. The van der Waals surface area contributed by atoms with Crippen LogP contribution in [0.1, 0.15) is 12.2 Å². The molecule has 0 atom stereocenters. The van der Waals surface area contributed by atoms with Crippen LogP contribution in [-0.4, -0.2) is 5.11 Å². The van der Waals surface area contributed by atoms with Crippen LogP contribution in [0, 0.1) is 0 Å². The van der Waals surface area contributed by atoms with Gasteiger partial charge in [0.25, 0.3) is 6.43 Å². The predicted octanol–water partition coefficient (Wildman–Crippen LogP) is 3.08. The third-order valence-corrected chi connectivity index (χ3v) is 1.77. The highest BCUT2D eigenvalue weighted by Gasteiger charge is 2.14. The van der Waals surface area contributed by atoms with E-state index in [1.165, 1.54) is 18.2 Å². The molecule has 0 fully saturated rings. The van der Waals surface area contributed by atoms with Crippen molar-refractivity contribution >= 4 is 11.0 Å². The minimum Gasteiger partial charge on any atom is -0.507 e. The summed E-state index contributed by atoms with van der Waals surface area (Å²) in [5.74, 6) is -0.468. The standard InChI is InChI=1S/C9H6F2O2/c10-9(11)8-4-5-6(12)2-1-3-7(5)13-8/h1-4,9,12H. The molecule has 0 bridgehead atoms. The molecule has 0 aliphatic carbocycles. The van der Waals surface area contributed by atoms with E-state index in [0.717, 1.165) is 6.07 Å². The normalized spacial score (nSPS) is 11.3. The first-order valence-electron chi connectivity index (χ1n) is 3.68. The lowest BCUT2D eigenvalue weighted by Gasteiger charge is -1.90. The van der Waals surface area contributed by atoms with Crippen molar-refractivity contribution < 1.29 is 18.3 Å². The van der Waals surface area contributed by atoms with Gasteiger partial charge in [0, 0.05) is 0 Å². The molecule has 1 aromatic carbocycles. The van der Waals surface area contributed by atoms with Gasteiger partial charge < -0.3 is 9.52 Å². The number of furan rings is 1. The number of hydrogen-bond donors (Lipinski definition) is 1. The lowest BCUT2D eigenvalue weighted by Crippen LogP contribution is -1.74. The molecule has 0 saturated heterocycles. The third kappa shape index (κ3) is 1.24. The molecule has 4 heteroatoms. The van der Waals surface area contributed by atoms with Gasteiger partial charge in [-0.2, -0.15) is 0 Å². The average Bonchev–Trinajstić information content (AvgIpc) is 2.49. The van der Waals surface area contributed by atoms with Gasteiger partial charge in [0.2, 0.25) is 0 Å². The van der Waals surface area contributed by atoms with Gasteiger partial charge in [-0.05, 0) is 18.2 Å². The van der Waals surface area contributed by atoms with Crippen LogP contribution < -0.4 is 0 Å². The SMILES string of the molecule is Oc1cccc2oc(C(F)F)cc12. The first-order valence-corrected chi connectivity index (χ1v) is 3.68. The van der Waals surface area contributed by atoms with E-state index in [9.17, 15) is 13.9 Å². The second-order valence-electron chi connectivity index (χ2n) is 2.64. The van der Waals surface area contributed by atoms with Crippen LogP contribution in [0.3, 0.4) is 0 Å². The van der Waals surface area contributed by atoms with Crippen LogP contribution in [0.25, 0.3) is 11.0 Å². The first kappa shape index (κ1) is 8.04. The highest BCUT2D eigenvalue weighted by molar-refractivity contribution is 5.84. The van der Waals surface area contributed by atoms with Crippen molar-refractivity contribution in [1.82, 2.24) is 0 Å². The van der Waals surface area contributed by atoms with Gasteiger partial charge in [0.15, 0.2) is 5.76 Å². The zero-order chi connectivity index (χ0) is 9.42. The molecule has 0 saturated carbocycles. The molecular weight excluding hydrogens is 178 g/mol. The highest BCUT2D eigenvalue weighted by atomic mass is 19.3. The van der Waals surface area contributed by atoms with Crippen LogP contribution in [0.4, 0.5) is 8.78 Å². The number of halogens is 2. The molecule has 1 N–H and O–H groups in total. The molecule has 0 radical (unpaired) electrons. The van der Waals surface area contributed by atoms with Crippen molar-refractivity contribution in [2.24, 2.45) is 0 Å². The van der Waals surface area contributed by atoms with Gasteiger partial charge in [0.1, 0.15) is 11.3 Å². The molecule has 1 aromatic heterocycles. The Labute approximate surface area is 72.4 Å². The summed E-state index contributed by atoms with van der Waals surface area (Å²) in [5.41, 5.74) is 0.273. The van der Waals surface area contributed by atoms with Gasteiger partial charge in [-0.3, -0.25) is 0 Å². The molecule has 0 aliphatic heterocycles. The summed E-state index contributed by atoms with van der Waals surface area (Å²) in [5, 5.41) is 9.58. The molecule has 68 valence electrons. The number of hydrogen-bond acceptors (Lipinski definition) is 2. The lowest BCUT2D eigenvalue weighted by molar-refractivity contribution is 0.124. The van der Waals surface area contributed by atoms with E-state index in [-0.39, 0.29) is 11.3 Å². The topological polar surface area (TPSA) is 33.4 Å². The zero-order valence-electron chi connectivity index (χ0n) is 6.50. The van der Waals surface area contributed by atoms with E-state index in [1.54, 1.807) is 0 Å². The van der Waals surface area contributed by atoms with Crippen LogP contribution >= 0.6 is 0 Å². The zero-order valence-corrected chi connectivity index (χ0v) is 6.50. The average molecular weight is 184 g/mol. The van der Waals surface area contributed by atoms with Crippen LogP contribution in [0.15, 0.2) is 28.7 Å². The van der Waals surface area contributed by atoms with Crippen LogP contribution in [0.2, 0.25) is 0 Å². The molecule has 0 spiro atoms. The summed E-state index contributed by atoms with van der Waals surface area (Å²) in [6.07, 6.45) is -2.65. The smallest absolute Gasteiger partial charge is 0.295 e. The first-order chi connectivity index (χ1) is 6.18. The number of fused-ring (bicyclic) bond motifs is 1. The fourth-order valence-electron chi connectivity index (χ4n) is 1.17. The lowest BCUT2D eigenvalue weighted by atomic mass is 10.2. The van der Waals surface area contributed by atoms with Gasteiger partial charge in [-0.25, -0.2) is 8.78 Å². The molecule has 0 unspecified atom stereocenters.